The number of aryl methyl sites for hydroxylation is 1. The molecule has 0 fully saturated rings. The average Bonchev–Trinajstić information content (AvgIpc) is 3.29. The highest BCUT2D eigenvalue weighted by molar-refractivity contribution is 6.06. The number of aliphatic carboxylic acids is 1. The third-order valence-electron chi connectivity index (χ3n) is 6.93. The van der Waals surface area contributed by atoms with Crippen molar-refractivity contribution < 1.29 is 19.4 Å². The number of likely N-dealkylation sites (N-methyl/N-ethyl adjacent to an activating group) is 1. The lowest BCUT2D eigenvalue weighted by Crippen LogP contribution is -2.38. The maximum absolute atomic E-state index is 13.2. The van der Waals surface area contributed by atoms with E-state index >= 15 is 0 Å². The van der Waals surface area contributed by atoms with Crippen molar-refractivity contribution in [3.05, 3.63) is 65.5 Å². The van der Waals surface area contributed by atoms with Crippen LogP contribution in [-0.2, 0) is 34.0 Å². The van der Waals surface area contributed by atoms with E-state index in [1.807, 2.05) is 79.3 Å². The van der Waals surface area contributed by atoms with Gasteiger partial charge in [0.05, 0.1) is 23.5 Å². The third-order valence-corrected chi connectivity index (χ3v) is 6.93. The number of imidazole rings is 1. The first-order valence-corrected chi connectivity index (χ1v) is 13.5. The maximum Gasteiger partial charge on any atom is 0.310 e. The normalized spacial score (nSPS) is 12.3. The monoisotopic (exact) mass is 546 g/mol. The van der Waals surface area contributed by atoms with E-state index in [0.29, 0.717) is 56.2 Å². The van der Waals surface area contributed by atoms with E-state index in [2.05, 4.69) is 9.55 Å². The van der Waals surface area contributed by atoms with Gasteiger partial charge in [-0.2, -0.15) is 0 Å². The van der Waals surface area contributed by atoms with Crippen LogP contribution in [0.3, 0.4) is 0 Å². The minimum absolute atomic E-state index is 0.00519. The molecule has 0 radical (unpaired) electrons. The van der Waals surface area contributed by atoms with Crippen molar-refractivity contribution in [2.24, 2.45) is 0 Å². The van der Waals surface area contributed by atoms with Gasteiger partial charge in [0.1, 0.15) is 17.9 Å². The number of benzene rings is 2. The Morgan fingerprint density at radius 1 is 1.12 bits per heavy atom. The smallest absolute Gasteiger partial charge is 0.310 e. The van der Waals surface area contributed by atoms with Crippen LogP contribution < -0.4 is 5.73 Å². The molecule has 10 nitrogen and oxygen atoms in total. The van der Waals surface area contributed by atoms with E-state index in [4.69, 9.17) is 15.5 Å². The largest absolute Gasteiger partial charge is 0.481 e. The van der Waals surface area contributed by atoms with Gasteiger partial charge in [0.25, 0.3) is 0 Å². The molecule has 0 spiro atoms. The zero-order valence-electron chi connectivity index (χ0n) is 23.6. The molecule has 0 aliphatic heterocycles. The minimum Gasteiger partial charge on any atom is -0.481 e. The van der Waals surface area contributed by atoms with E-state index in [9.17, 15) is 14.7 Å². The van der Waals surface area contributed by atoms with Crippen molar-refractivity contribution in [1.82, 2.24) is 24.3 Å². The van der Waals surface area contributed by atoms with Gasteiger partial charge in [-0.05, 0) is 51.6 Å². The molecule has 1 atom stereocenters. The van der Waals surface area contributed by atoms with E-state index in [-0.39, 0.29) is 12.5 Å². The zero-order chi connectivity index (χ0) is 28.8. The van der Waals surface area contributed by atoms with Crippen LogP contribution in [-0.4, -0.2) is 75.1 Å². The predicted molar refractivity (Wildman–Crippen MR) is 156 cm³/mol. The van der Waals surface area contributed by atoms with Gasteiger partial charge in [0.2, 0.25) is 5.91 Å². The van der Waals surface area contributed by atoms with Gasteiger partial charge in [-0.3, -0.25) is 9.59 Å². The summed E-state index contributed by atoms with van der Waals surface area (Å²) in [5.74, 6) is -0.352. The Kier molecular flexibility index (Phi) is 9.34. The lowest BCUT2D eigenvalue weighted by atomic mass is 9.99. The number of aromatic nitrogens is 3. The fourth-order valence-corrected chi connectivity index (χ4v) is 4.86. The molecule has 4 rings (SSSR count). The summed E-state index contributed by atoms with van der Waals surface area (Å²) in [4.78, 5) is 37.8. The Balaban J connectivity index is 1.61. The number of para-hydroxylation sites is 1. The molecule has 1 unspecified atom stereocenters. The number of hydrogen-bond donors (Lipinski definition) is 2. The first kappa shape index (κ1) is 29.0. The molecule has 1 amide bonds. The second kappa shape index (κ2) is 12.9. The number of nitrogen functional groups attached to an aromatic ring is 1. The van der Waals surface area contributed by atoms with Crippen molar-refractivity contribution in [1.29, 1.82) is 0 Å². The molecule has 2 aromatic carbocycles. The molecule has 10 heteroatoms. The van der Waals surface area contributed by atoms with Crippen LogP contribution in [0.4, 0.5) is 5.82 Å². The SMILES string of the molecule is CCOCc1nc2c(N)nc3ccccc3c2n1CCCN(Cc1cccc(C(C)C(=O)O)c1)C(=O)CN(C)C. The summed E-state index contributed by atoms with van der Waals surface area (Å²) < 4.78 is 7.86. The standard InChI is InChI=1S/C30H38N6O4/c1-5-40-19-25-33-27-28(23-12-6-7-13-24(23)32-29(27)31)36(25)15-9-14-35(26(37)18-34(3)4)17-21-10-8-11-22(16-21)20(2)30(38)39/h6-8,10-13,16,20H,5,9,14-15,17-19H2,1-4H3,(H2,31,32)(H,38,39). The minimum atomic E-state index is -0.878. The summed E-state index contributed by atoms with van der Waals surface area (Å²) in [5, 5.41) is 10.4. The summed E-state index contributed by atoms with van der Waals surface area (Å²) in [6.07, 6.45) is 0.672. The van der Waals surface area contributed by atoms with Gasteiger partial charge in [-0.1, -0.05) is 42.5 Å². The number of ether oxygens (including phenoxy) is 1. The molecule has 4 aromatic rings. The van der Waals surface area contributed by atoms with Crippen molar-refractivity contribution in [2.75, 3.05) is 39.5 Å². The summed E-state index contributed by atoms with van der Waals surface area (Å²) in [6.45, 7) is 6.30. The van der Waals surface area contributed by atoms with E-state index in [1.165, 1.54) is 0 Å². The number of nitrogens with two attached hydrogens (primary N) is 1. The predicted octanol–water partition coefficient (Wildman–Crippen LogP) is 3.87. The molecule has 0 aliphatic carbocycles. The Bertz CT molecular complexity index is 1500. The number of amides is 1. The molecular formula is C30H38N6O4. The number of pyridine rings is 1. The van der Waals surface area contributed by atoms with Crippen LogP contribution in [0.25, 0.3) is 21.9 Å². The van der Waals surface area contributed by atoms with Crippen LogP contribution in [0, 0.1) is 0 Å². The fraction of sp³-hybridized carbons (Fsp3) is 0.400. The average molecular weight is 547 g/mol. The second-order valence-electron chi connectivity index (χ2n) is 10.2. The van der Waals surface area contributed by atoms with Crippen molar-refractivity contribution >= 4 is 39.6 Å². The van der Waals surface area contributed by atoms with Gasteiger partial charge < -0.3 is 29.9 Å². The Morgan fingerprint density at radius 3 is 2.62 bits per heavy atom. The molecule has 212 valence electrons. The van der Waals surface area contributed by atoms with E-state index in [0.717, 1.165) is 27.8 Å². The van der Waals surface area contributed by atoms with Gasteiger partial charge in [0, 0.05) is 31.6 Å². The Morgan fingerprint density at radius 2 is 1.90 bits per heavy atom. The highest BCUT2D eigenvalue weighted by Crippen LogP contribution is 2.29. The van der Waals surface area contributed by atoms with Crippen LogP contribution in [0.15, 0.2) is 48.5 Å². The summed E-state index contributed by atoms with van der Waals surface area (Å²) in [5.41, 5.74) is 10.3. The molecular weight excluding hydrogens is 508 g/mol. The van der Waals surface area contributed by atoms with E-state index in [1.54, 1.807) is 6.92 Å². The molecule has 40 heavy (non-hydrogen) atoms. The number of carboxylic acid groups (broad SMARTS) is 1. The summed E-state index contributed by atoms with van der Waals surface area (Å²) in [6, 6.07) is 15.3. The molecule has 3 N–H and O–H groups in total. The quantitative estimate of drug-likeness (QED) is 0.259. The van der Waals surface area contributed by atoms with Crippen LogP contribution in [0.2, 0.25) is 0 Å². The number of anilines is 1. The fourth-order valence-electron chi connectivity index (χ4n) is 4.86. The van der Waals surface area contributed by atoms with Crippen LogP contribution in [0.5, 0.6) is 0 Å². The zero-order valence-corrected chi connectivity index (χ0v) is 23.6. The number of carbonyl (C=O) groups excluding carboxylic acids is 1. The van der Waals surface area contributed by atoms with Crippen LogP contribution >= 0.6 is 0 Å². The number of nitrogens with zero attached hydrogens (tertiary/aromatic N) is 5. The van der Waals surface area contributed by atoms with E-state index < -0.39 is 11.9 Å². The highest BCUT2D eigenvalue weighted by atomic mass is 16.5. The number of carboxylic acids is 1. The number of rotatable bonds is 13. The highest BCUT2D eigenvalue weighted by Gasteiger charge is 2.20. The van der Waals surface area contributed by atoms with Gasteiger partial charge >= 0.3 is 5.97 Å². The first-order chi connectivity index (χ1) is 19.2. The molecule has 0 saturated heterocycles. The summed E-state index contributed by atoms with van der Waals surface area (Å²) in [7, 11) is 3.73. The van der Waals surface area contributed by atoms with Gasteiger partial charge in [-0.15, -0.1) is 0 Å². The molecule has 2 heterocycles. The topological polar surface area (TPSA) is 127 Å². The van der Waals surface area contributed by atoms with Gasteiger partial charge in [0.15, 0.2) is 5.82 Å². The Hall–Kier alpha value is -4.02. The van der Waals surface area contributed by atoms with Gasteiger partial charge in [-0.25, -0.2) is 9.97 Å². The van der Waals surface area contributed by atoms with Crippen molar-refractivity contribution in [2.45, 2.75) is 45.9 Å². The third kappa shape index (κ3) is 6.57. The molecule has 0 saturated carbocycles. The summed E-state index contributed by atoms with van der Waals surface area (Å²) >= 11 is 0. The molecule has 2 aromatic heterocycles. The number of fused-ring (bicyclic) bond motifs is 3. The van der Waals surface area contributed by atoms with Crippen LogP contribution in [0.1, 0.15) is 43.1 Å². The first-order valence-electron chi connectivity index (χ1n) is 13.5. The maximum atomic E-state index is 13.2. The van der Waals surface area contributed by atoms with Crippen molar-refractivity contribution in [3.63, 3.8) is 0 Å². The number of hydrogen-bond acceptors (Lipinski definition) is 7. The molecule has 0 aliphatic rings. The number of carbonyl (C=O) groups is 2. The second-order valence-corrected chi connectivity index (χ2v) is 10.2. The van der Waals surface area contributed by atoms with Crippen molar-refractivity contribution in [3.8, 4) is 0 Å². The Labute approximate surface area is 234 Å². The lowest BCUT2D eigenvalue weighted by molar-refractivity contribution is -0.138. The lowest BCUT2D eigenvalue weighted by Gasteiger charge is -2.25. The molecule has 0 bridgehead atoms.